The number of likely N-dealkylation sites (tertiary alicyclic amines) is 1. The van der Waals surface area contributed by atoms with E-state index in [0.29, 0.717) is 12.8 Å². The SMILES string of the molecule is O=C([O-])[C@H]1CCCC[C@H]1C(=O)N1CCCC1. The Balaban J connectivity index is 2.04. The Morgan fingerprint density at radius 3 is 2.06 bits per heavy atom. The lowest BCUT2D eigenvalue weighted by Gasteiger charge is -2.33. The largest absolute Gasteiger partial charge is 0.550 e. The Kier molecular flexibility index (Phi) is 3.46. The fourth-order valence-corrected chi connectivity index (χ4v) is 2.88. The number of carbonyl (C=O) groups excluding carboxylic acids is 2. The minimum atomic E-state index is -1.04. The second-order valence-electron chi connectivity index (χ2n) is 4.85. The van der Waals surface area contributed by atoms with E-state index >= 15 is 0 Å². The number of carbonyl (C=O) groups is 2. The summed E-state index contributed by atoms with van der Waals surface area (Å²) in [6, 6.07) is 0. The van der Waals surface area contributed by atoms with Gasteiger partial charge in [0, 0.05) is 30.9 Å². The summed E-state index contributed by atoms with van der Waals surface area (Å²) in [5.41, 5.74) is 0. The molecule has 0 N–H and O–H groups in total. The molecule has 2 aliphatic rings. The van der Waals surface area contributed by atoms with Crippen LogP contribution in [0.2, 0.25) is 0 Å². The van der Waals surface area contributed by atoms with Gasteiger partial charge in [-0.25, -0.2) is 0 Å². The molecule has 4 heteroatoms. The van der Waals surface area contributed by atoms with E-state index < -0.39 is 11.9 Å². The van der Waals surface area contributed by atoms with E-state index in [1.807, 2.05) is 4.90 Å². The molecule has 0 unspecified atom stereocenters. The zero-order valence-corrected chi connectivity index (χ0v) is 9.48. The van der Waals surface area contributed by atoms with Gasteiger partial charge in [0.1, 0.15) is 0 Å². The fraction of sp³-hybridized carbons (Fsp3) is 0.833. The molecule has 1 aliphatic heterocycles. The molecule has 0 bridgehead atoms. The number of amides is 1. The number of carboxylic acid groups (broad SMARTS) is 1. The molecule has 0 radical (unpaired) electrons. The molecule has 0 aromatic heterocycles. The summed E-state index contributed by atoms with van der Waals surface area (Å²) in [6.45, 7) is 1.60. The van der Waals surface area contributed by atoms with Crippen LogP contribution in [0, 0.1) is 11.8 Å². The van der Waals surface area contributed by atoms with Crippen molar-refractivity contribution < 1.29 is 14.7 Å². The molecule has 2 rings (SSSR count). The van der Waals surface area contributed by atoms with Crippen molar-refractivity contribution in [3.8, 4) is 0 Å². The average Bonchev–Trinajstić information content (AvgIpc) is 2.81. The van der Waals surface area contributed by atoms with Crippen molar-refractivity contribution in [2.75, 3.05) is 13.1 Å². The van der Waals surface area contributed by atoms with Crippen molar-refractivity contribution in [2.45, 2.75) is 38.5 Å². The predicted molar refractivity (Wildman–Crippen MR) is 56.3 cm³/mol. The van der Waals surface area contributed by atoms with E-state index in [4.69, 9.17) is 0 Å². The van der Waals surface area contributed by atoms with Gasteiger partial charge in [0.2, 0.25) is 5.91 Å². The summed E-state index contributed by atoms with van der Waals surface area (Å²) in [5, 5.41) is 11.0. The van der Waals surface area contributed by atoms with E-state index in [2.05, 4.69) is 0 Å². The van der Waals surface area contributed by atoms with Gasteiger partial charge < -0.3 is 14.8 Å². The maximum Gasteiger partial charge on any atom is 0.226 e. The number of nitrogens with zero attached hydrogens (tertiary/aromatic N) is 1. The van der Waals surface area contributed by atoms with E-state index in [0.717, 1.165) is 38.8 Å². The third kappa shape index (κ3) is 2.20. The van der Waals surface area contributed by atoms with Crippen molar-refractivity contribution in [1.82, 2.24) is 4.90 Å². The smallest absolute Gasteiger partial charge is 0.226 e. The molecule has 2 fully saturated rings. The molecular weight excluding hydrogens is 206 g/mol. The van der Waals surface area contributed by atoms with Crippen LogP contribution in [-0.4, -0.2) is 29.9 Å². The van der Waals surface area contributed by atoms with Crippen LogP contribution in [0.1, 0.15) is 38.5 Å². The Morgan fingerprint density at radius 1 is 0.938 bits per heavy atom. The topological polar surface area (TPSA) is 60.4 Å². The van der Waals surface area contributed by atoms with Gasteiger partial charge in [-0.3, -0.25) is 4.79 Å². The normalized spacial score (nSPS) is 30.4. The molecule has 1 saturated heterocycles. The van der Waals surface area contributed by atoms with Crippen LogP contribution >= 0.6 is 0 Å². The van der Waals surface area contributed by atoms with Crippen LogP contribution in [0.15, 0.2) is 0 Å². The molecular formula is C12H18NO3-. The highest BCUT2D eigenvalue weighted by Gasteiger charge is 2.35. The zero-order valence-electron chi connectivity index (χ0n) is 9.48. The molecule has 90 valence electrons. The lowest BCUT2D eigenvalue weighted by molar-refractivity contribution is -0.314. The molecule has 16 heavy (non-hydrogen) atoms. The summed E-state index contributed by atoms with van der Waals surface area (Å²) in [5.74, 6) is -1.87. The molecule has 4 nitrogen and oxygen atoms in total. The summed E-state index contributed by atoms with van der Waals surface area (Å²) < 4.78 is 0. The number of hydrogen-bond acceptors (Lipinski definition) is 3. The Hall–Kier alpha value is -1.06. The van der Waals surface area contributed by atoms with Crippen LogP contribution < -0.4 is 5.11 Å². The second-order valence-corrected chi connectivity index (χ2v) is 4.85. The van der Waals surface area contributed by atoms with Gasteiger partial charge in [0.15, 0.2) is 0 Å². The maximum absolute atomic E-state index is 12.2. The highest BCUT2D eigenvalue weighted by Crippen LogP contribution is 2.31. The lowest BCUT2D eigenvalue weighted by atomic mass is 9.78. The van der Waals surface area contributed by atoms with Crippen LogP contribution in [0.4, 0.5) is 0 Å². The number of hydrogen-bond donors (Lipinski definition) is 0. The summed E-state index contributed by atoms with van der Waals surface area (Å²) in [6.07, 6.45) is 5.29. The van der Waals surface area contributed by atoms with Gasteiger partial charge in [0.05, 0.1) is 0 Å². The van der Waals surface area contributed by atoms with Crippen LogP contribution in [0.3, 0.4) is 0 Å². The van der Waals surface area contributed by atoms with E-state index in [-0.39, 0.29) is 11.8 Å². The monoisotopic (exact) mass is 224 g/mol. The fourth-order valence-electron chi connectivity index (χ4n) is 2.88. The van der Waals surface area contributed by atoms with Crippen molar-refractivity contribution in [1.29, 1.82) is 0 Å². The zero-order chi connectivity index (χ0) is 11.5. The van der Waals surface area contributed by atoms with Crippen LogP contribution in [0.5, 0.6) is 0 Å². The molecule has 1 aliphatic carbocycles. The maximum atomic E-state index is 12.2. The Labute approximate surface area is 95.6 Å². The number of aliphatic carboxylic acids is 1. The van der Waals surface area contributed by atoms with E-state index in [9.17, 15) is 14.7 Å². The predicted octanol–water partition coefficient (Wildman–Crippen LogP) is 0.165. The second kappa shape index (κ2) is 4.85. The van der Waals surface area contributed by atoms with Gasteiger partial charge >= 0.3 is 0 Å². The van der Waals surface area contributed by atoms with Gasteiger partial charge in [0.25, 0.3) is 0 Å². The highest BCUT2D eigenvalue weighted by atomic mass is 16.4. The third-order valence-electron chi connectivity index (χ3n) is 3.80. The average molecular weight is 224 g/mol. The van der Waals surface area contributed by atoms with Gasteiger partial charge in [-0.15, -0.1) is 0 Å². The molecule has 0 aromatic rings. The molecule has 1 amide bonds. The van der Waals surface area contributed by atoms with Crippen molar-refractivity contribution >= 4 is 11.9 Å². The van der Waals surface area contributed by atoms with Crippen LogP contribution in [0.25, 0.3) is 0 Å². The number of rotatable bonds is 2. The quantitative estimate of drug-likeness (QED) is 0.671. The molecule has 0 aromatic carbocycles. The summed E-state index contributed by atoms with van der Waals surface area (Å²) >= 11 is 0. The first-order chi connectivity index (χ1) is 7.70. The lowest BCUT2D eigenvalue weighted by Crippen LogP contribution is -2.45. The van der Waals surface area contributed by atoms with Gasteiger partial charge in [-0.2, -0.15) is 0 Å². The molecule has 1 heterocycles. The van der Waals surface area contributed by atoms with E-state index in [1.54, 1.807) is 0 Å². The van der Waals surface area contributed by atoms with Crippen molar-refractivity contribution in [3.63, 3.8) is 0 Å². The Bertz CT molecular complexity index is 284. The first-order valence-electron chi connectivity index (χ1n) is 6.20. The third-order valence-corrected chi connectivity index (χ3v) is 3.80. The first kappa shape index (κ1) is 11.4. The van der Waals surface area contributed by atoms with Crippen LogP contribution in [-0.2, 0) is 9.59 Å². The summed E-state index contributed by atoms with van der Waals surface area (Å²) in [7, 11) is 0. The van der Waals surface area contributed by atoms with Crippen molar-refractivity contribution in [2.24, 2.45) is 11.8 Å². The minimum absolute atomic E-state index is 0.0476. The molecule has 1 saturated carbocycles. The first-order valence-corrected chi connectivity index (χ1v) is 6.20. The van der Waals surface area contributed by atoms with Crippen molar-refractivity contribution in [3.05, 3.63) is 0 Å². The van der Waals surface area contributed by atoms with Gasteiger partial charge in [-0.05, 0) is 25.7 Å². The number of carboxylic acids is 1. The minimum Gasteiger partial charge on any atom is -0.550 e. The van der Waals surface area contributed by atoms with Gasteiger partial charge in [-0.1, -0.05) is 12.8 Å². The molecule has 2 atom stereocenters. The summed E-state index contributed by atoms with van der Waals surface area (Å²) in [4.78, 5) is 25.0. The molecule has 0 spiro atoms. The Morgan fingerprint density at radius 2 is 1.50 bits per heavy atom. The van der Waals surface area contributed by atoms with E-state index in [1.165, 1.54) is 0 Å². The standard InChI is InChI=1S/C12H19NO3/c14-11(13-7-3-4-8-13)9-5-1-2-6-10(9)12(15)16/h9-10H,1-8H2,(H,15,16)/p-1/t9-,10+/m1/s1. The highest BCUT2D eigenvalue weighted by molar-refractivity contribution is 5.84.